The van der Waals surface area contributed by atoms with Gasteiger partial charge < -0.3 is 15.7 Å². The van der Waals surface area contributed by atoms with Crippen molar-refractivity contribution in [1.29, 1.82) is 0 Å². The summed E-state index contributed by atoms with van der Waals surface area (Å²) in [6.07, 6.45) is 2.26. The van der Waals surface area contributed by atoms with E-state index in [-0.39, 0.29) is 6.54 Å². The first-order chi connectivity index (χ1) is 9.39. The van der Waals surface area contributed by atoms with Gasteiger partial charge >= 0.3 is 11.8 Å². The second-order valence-corrected chi connectivity index (χ2v) is 5.61. The van der Waals surface area contributed by atoms with Crippen molar-refractivity contribution >= 4 is 29.1 Å². The normalized spacial score (nSPS) is 16.1. The van der Waals surface area contributed by atoms with E-state index >= 15 is 0 Å². The van der Waals surface area contributed by atoms with Crippen LogP contribution < -0.4 is 10.6 Å². The fraction of sp³-hybridized carbons (Fsp3) is 0.429. The van der Waals surface area contributed by atoms with Gasteiger partial charge in [0.1, 0.15) is 0 Å². The van der Waals surface area contributed by atoms with Crippen LogP contribution in [0.5, 0.6) is 0 Å². The van der Waals surface area contributed by atoms with Crippen LogP contribution in [0.2, 0.25) is 5.02 Å². The fourth-order valence-electron chi connectivity index (χ4n) is 2.03. The van der Waals surface area contributed by atoms with Gasteiger partial charge in [-0.25, -0.2) is 0 Å². The predicted molar refractivity (Wildman–Crippen MR) is 76.6 cm³/mol. The number of aryl methyl sites for hydroxylation is 1. The molecule has 1 fully saturated rings. The Balaban J connectivity index is 1.88. The molecule has 2 amide bonds. The molecule has 0 aromatic heterocycles. The number of nitrogens with one attached hydrogen (secondary N) is 2. The molecular weight excluding hydrogens is 280 g/mol. The maximum absolute atomic E-state index is 11.7. The van der Waals surface area contributed by atoms with Gasteiger partial charge in [-0.2, -0.15) is 0 Å². The van der Waals surface area contributed by atoms with Crippen LogP contribution >= 0.6 is 11.6 Å². The number of aliphatic hydroxyl groups is 1. The van der Waals surface area contributed by atoms with Gasteiger partial charge in [-0.05, 0) is 49.9 Å². The number of carbonyl (C=O) groups is 2. The first-order valence-corrected chi connectivity index (χ1v) is 6.85. The molecule has 1 aromatic carbocycles. The summed E-state index contributed by atoms with van der Waals surface area (Å²) in [5.74, 6) is -1.50. The van der Waals surface area contributed by atoms with Crippen molar-refractivity contribution in [3.8, 4) is 0 Å². The molecule has 1 aliphatic carbocycles. The van der Waals surface area contributed by atoms with Crippen LogP contribution in [0.3, 0.4) is 0 Å². The molecule has 0 heterocycles. The van der Waals surface area contributed by atoms with Gasteiger partial charge in [0.15, 0.2) is 0 Å². The van der Waals surface area contributed by atoms with E-state index in [1.807, 2.05) is 0 Å². The minimum atomic E-state index is -0.841. The Morgan fingerprint density at radius 1 is 1.35 bits per heavy atom. The third-order valence-electron chi connectivity index (χ3n) is 3.51. The molecule has 0 bridgehead atoms. The van der Waals surface area contributed by atoms with Gasteiger partial charge in [0.05, 0.1) is 5.60 Å². The van der Waals surface area contributed by atoms with Crippen molar-refractivity contribution in [3.05, 3.63) is 28.8 Å². The Kier molecular flexibility index (Phi) is 4.30. The number of benzene rings is 1. The average Bonchev–Trinajstić information content (AvgIpc) is 2.36. The minimum Gasteiger partial charge on any atom is -0.388 e. The largest absolute Gasteiger partial charge is 0.388 e. The van der Waals surface area contributed by atoms with Crippen LogP contribution in [-0.2, 0) is 9.59 Å². The highest BCUT2D eigenvalue weighted by Crippen LogP contribution is 2.30. The zero-order valence-electron chi connectivity index (χ0n) is 11.2. The third kappa shape index (κ3) is 3.49. The highest BCUT2D eigenvalue weighted by molar-refractivity contribution is 6.39. The summed E-state index contributed by atoms with van der Waals surface area (Å²) in [6.45, 7) is 1.90. The molecule has 20 heavy (non-hydrogen) atoms. The minimum absolute atomic E-state index is 0.110. The molecule has 0 aliphatic heterocycles. The smallest absolute Gasteiger partial charge is 0.313 e. The van der Waals surface area contributed by atoms with Gasteiger partial charge in [-0.1, -0.05) is 11.6 Å². The number of hydrogen-bond donors (Lipinski definition) is 3. The number of hydrogen-bond acceptors (Lipinski definition) is 3. The molecule has 2 rings (SSSR count). The SMILES string of the molecule is Cc1cc(Cl)ccc1NC(=O)C(=O)NCC1(O)CCC1. The molecule has 1 aromatic rings. The van der Waals surface area contributed by atoms with E-state index in [9.17, 15) is 14.7 Å². The van der Waals surface area contributed by atoms with Gasteiger partial charge in [-0.3, -0.25) is 9.59 Å². The second kappa shape index (κ2) is 5.81. The van der Waals surface area contributed by atoms with Gasteiger partial charge in [-0.15, -0.1) is 0 Å². The van der Waals surface area contributed by atoms with Crippen LogP contribution in [0.25, 0.3) is 0 Å². The fourth-order valence-corrected chi connectivity index (χ4v) is 2.26. The number of rotatable bonds is 3. The lowest BCUT2D eigenvalue weighted by atomic mass is 9.80. The number of anilines is 1. The van der Waals surface area contributed by atoms with Crippen molar-refractivity contribution in [2.45, 2.75) is 31.8 Å². The predicted octanol–water partition coefficient (Wildman–Crippen LogP) is 1.62. The Bertz CT molecular complexity index is 541. The van der Waals surface area contributed by atoms with Crippen LogP contribution in [0.4, 0.5) is 5.69 Å². The molecular formula is C14H17ClN2O3. The van der Waals surface area contributed by atoms with E-state index in [1.54, 1.807) is 25.1 Å². The highest BCUT2D eigenvalue weighted by atomic mass is 35.5. The van der Waals surface area contributed by atoms with Gasteiger partial charge in [0.2, 0.25) is 0 Å². The van der Waals surface area contributed by atoms with Crippen LogP contribution in [0.15, 0.2) is 18.2 Å². The summed E-state index contributed by atoms with van der Waals surface area (Å²) >= 11 is 5.82. The van der Waals surface area contributed by atoms with E-state index in [0.29, 0.717) is 23.6 Å². The molecule has 0 spiro atoms. The van der Waals surface area contributed by atoms with Crippen molar-refractivity contribution in [3.63, 3.8) is 0 Å². The highest BCUT2D eigenvalue weighted by Gasteiger charge is 2.35. The summed E-state index contributed by atoms with van der Waals surface area (Å²) in [7, 11) is 0. The summed E-state index contributed by atoms with van der Waals surface area (Å²) in [4.78, 5) is 23.4. The molecule has 1 aliphatic rings. The lowest BCUT2D eigenvalue weighted by molar-refractivity contribution is -0.137. The Labute approximate surface area is 122 Å². The second-order valence-electron chi connectivity index (χ2n) is 5.17. The number of halogens is 1. The van der Waals surface area contributed by atoms with Crippen LogP contribution in [0.1, 0.15) is 24.8 Å². The maximum atomic E-state index is 11.7. The van der Waals surface area contributed by atoms with Gasteiger partial charge in [0, 0.05) is 17.3 Å². The van der Waals surface area contributed by atoms with Crippen molar-refractivity contribution in [2.24, 2.45) is 0 Å². The zero-order chi connectivity index (χ0) is 14.8. The van der Waals surface area contributed by atoms with E-state index in [4.69, 9.17) is 11.6 Å². The maximum Gasteiger partial charge on any atom is 0.313 e. The summed E-state index contributed by atoms with van der Waals surface area (Å²) < 4.78 is 0. The van der Waals surface area contributed by atoms with Gasteiger partial charge in [0.25, 0.3) is 0 Å². The molecule has 0 unspecified atom stereocenters. The van der Waals surface area contributed by atoms with E-state index in [0.717, 1.165) is 12.0 Å². The number of carbonyl (C=O) groups excluding carboxylic acids is 2. The molecule has 3 N–H and O–H groups in total. The van der Waals surface area contributed by atoms with Crippen molar-refractivity contribution < 1.29 is 14.7 Å². The molecule has 1 saturated carbocycles. The molecule has 0 radical (unpaired) electrons. The van der Waals surface area contributed by atoms with Crippen molar-refractivity contribution in [2.75, 3.05) is 11.9 Å². The summed E-state index contributed by atoms with van der Waals surface area (Å²) in [5, 5.41) is 15.4. The standard InChI is InChI=1S/C14H17ClN2O3/c1-9-7-10(15)3-4-11(9)17-13(19)12(18)16-8-14(20)5-2-6-14/h3-4,7,20H,2,5-6,8H2,1H3,(H,16,18)(H,17,19). The monoisotopic (exact) mass is 296 g/mol. The topological polar surface area (TPSA) is 78.4 Å². The third-order valence-corrected chi connectivity index (χ3v) is 3.74. The average molecular weight is 297 g/mol. The number of amides is 2. The first-order valence-electron chi connectivity index (χ1n) is 6.47. The summed E-state index contributed by atoms with van der Waals surface area (Å²) in [5.41, 5.74) is 0.472. The Morgan fingerprint density at radius 2 is 2.05 bits per heavy atom. The van der Waals surface area contributed by atoms with E-state index < -0.39 is 17.4 Å². The van der Waals surface area contributed by atoms with Crippen LogP contribution in [0, 0.1) is 6.92 Å². The lowest BCUT2D eigenvalue weighted by Gasteiger charge is -2.36. The van der Waals surface area contributed by atoms with E-state index in [1.165, 1.54) is 0 Å². The zero-order valence-corrected chi connectivity index (χ0v) is 12.0. The van der Waals surface area contributed by atoms with Crippen molar-refractivity contribution in [1.82, 2.24) is 5.32 Å². The molecule has 5 nitrogen and oxygen atoms in total. The summed E-state index contributed by atoms with van der Waals surface area (Å²) in [6, 6.07) is 4.98. The first kappa shape index (κ1) is 14.8. The Hall–Kier alpha value is -1.59. The molecule has 6 heteroatoms. The van der Waals surface area contributed by atoms with E-state index in [2.05, 4.69) is 10.6 Å². The molecule has 108 valence electrons. The molecule has 0 atom stereocenters. The molecule has 0 saturated heterocycles. The quantitative estimate of drug-likeness (QED) is 0.742. The Morgan fingerprint density at radius 3 is 2.60 bits per heavy atom. The van der Waals surface area contributed by atoms with Crippen LogP contribution in [-0.4, -0.2) is 29.1 Å². The lowest BCUT2D eigenvalue weighted by Crippen LogP contribution is -2.49.